The number of rotatable bonds is 3. The Morgan fingerprint density at radius 3 is 2.89 bits per heavy atom. The van der Waals surface area contributed by atoms with Gasteiger partial charge in [-0.3, -0.25) is 0 Å². The molecule has 5 heteroatoms. The number of aliphatic hydroxyl groups is 1. The second-order valence-corrected chi connectivity index (χ2v) is 5.41. The smallest absolute Gasteiger partial charge is 0.161 e. The van der Waals surface area contributed by atoms with Crippen molar-refractivity contribution in [1.82, 2.24) is 0 Å². The van der Waals surface area contributed by atoms with Gasteiger partial charge in [-0.05, 0) is 53.2 Å². The van der Waals surface area contributed by atoms with Crippen LogP contribution in [0, 0.1) is 23.1 Å². The summed E-state index contributed by atoms with van der Waals surface area (Å²) in [6.45, 7) is 0.645. The number of benzene rings is 1. The van der Waals surface area contributed by atoms with Crippen LogP contribution in [0.2, 0.25) is 0 Å². The maximum atomic E-state index is 13.9. The Bertz CT molecular complexity index is 487. The van der Waals surface area contributed by atoms with Crippen LogP contribution in [-0.2, 0) is 0 Å². The lowest BCUT2D eigenvalue weighted by Gasteiger charge is -2.13. The van der Waals surface area contributed by atoms with Gasteiger partial charge in [-0.25, -0.2) is 4.39 Å². The van der Waals surface area contributed by atoms with E-state index in [0.717, 1.165) is 19.3 Å². The van der Waals surface area contributed by atoms with Gasteiger partial charge >= 0.3 is 0 Å². The highest BCUT2D eigenvalue weighted by molar-refractivity contribution is 9.10. The number of hydrogen-bond donors (Lipinski definition) is 2. The van der Waals surface area contributed by atoms with Crippen molar-refractivity contribution < 1.29 is 9.50 Å². The van der Waals surface area contributed by atoms with E-state index in [1.165, 1.54) is 0 Å². The molecule has 2 N–H and O–H groups in total. The minimum atomic E-state index is -0.437. The summed E-state index contributed by atoms with van der Waals surface area (Å²) in [5, 5.41) is 21.2. The van der Waals surface area contributed by atoms with Gasteiger partial charge in [-0.15, -0.1) is 0 Å². The van der Waals surface area contributed by atoms with E-state index in [1.807, 2.05) is 6.07 Å². The first kappa shape index (κ1) is 13.3. The van der Waals surface area contributed by atoms with E-state index in [2.05, 4.69) is 21.2 Å². The monoisotopic (exact) mass is 312 g/mol. The highest BCUT2D eigenvalue weighted by Gasteiger charge is 2.22. The van der Waals surface area contributed by atoms with Gasteiger partial charge < -0.3 is 10.4 Å². The van der Waals surface area contributed by atoms with E-state index in [0.29, 0.717) is 18.2 Å². The predicted molar refractivity (Wildman–Crippen MR) is 70.7 cm³/mol. The summed E-state index contributed by atoms with van der Waals surface area (Å²) in [6, 6.07) is 5.07. The molecular formula is C13H14BrFN2O. The molecule has 2 rings (SSSR count). The van der Waals surface area contributed by atoms with E-state index < -0.39 is 5.82 Å². The summed E-state index contributed by atoms with van der Waals surface area (Å²) in [5.41, 5.74) is 0.677. The third-order valence-corrected chi connectivity index (χ3v) is 4.07. The zero-order valence-electron chi connectivity index (χ0n) is 9.79. The van der Waals surface area contributed by atoms with Crippen molar-refractivity contribution in [2.45, 2.75) is 25.4 Å². The Morgan fingerprint density at radius 2 is 2.28 bits per heavy atom. The molecule has 0 spiro atoms. The van der Waals surface area contributed by atoms with Gasteiger partial charge in [0.05, 0.1) is 21.8 Å². The molecule has 0 bridgehead atoms. The standard InChI is InChI=1S/C13H14BrFN2O/c14-12-9(6-16)2-4-11(13(12)15)17-7-8-1-3-10(18)5-8/h2,4,8,10,17-18H,1,3,5,7H2. The van der Waals surface area contributed by atoms with Gasteiger partial charge in [0, 0.05) is 6.54 Å². The quantitative estimate of drug-likeness (QED) is 0.902. The van der Waals surface area contributed by atoms with Crippen molar-refractivity contribution in [2.24, 2.45) is 5.92 Å². The first-order chi connectivity index (χ1) is 8.61. The van der Waals surface area contributed by atoms with Crippen LogP contribution in [0.3, 0.4) is 0 Å². The van der Waals surface area contributed by atoms with Crippen LogP contribution in [0.4, 0.5) is 10.1 Å². The molecule has 0 aliphatic heterocycles. The summed E-state index contributed by atoms with van der Waals surface area (Å²) in [7, 11) is 0. The first-order valence-corrected chi connectivity index (χ1v) is 6.71. The molecule has 0 amide bonds. The predicted octanol–water partition coefficient (Wildman–Crippen LogP) is 3.03. The van der Waals surface area contributed by atoms with Crippen LogP contribution in [-0.4, -0.2) is 17.8 Å². The molecule has 2 atom stereocenters. The zero-order valence-corrected chi connectivity index (χ0v) is 11.4. The summed E-state index contributed by atoms with van der Waals surface area (Å²) in [4.78, 5) is 0. The highest BCUT2D eigenvalue weighted by atomic mass is 79.9. The summed E-state index contributed by atoms with van der Waals surface area (Å²) in [5.74, 6) is -0.0542. The third-order valence-electron chi connectivity index (χ3n) is 3.30. The summed E-state index contributed by atoms with van der Waals surface area (Å²) >= 11 is 3.08. The Kier molecular flexibility index (Phi) is 4.20. The van der Waals surface area contributed by atoms with Gasteiger partial charge in [0.25, 0.3) is 0 Å². The Balaban J connectivity index is 2.02. The molecule has 0 radical (unpaired) electrons. The van der Waals surface area contributed by atoms with E-state index in [4.69, 9.17) is 5.26 Å². The number of nitrogens with zero attached hydrogens (tertiary/aromatic N) is 1. The Hall–Kier alpha value is -1.12. The summed E-state index contributed by atoms with van der Waals surface area (Å²) in [6.07, 6.45) is 2.35. The molecule has 0 heterocycles. The fourth-order valence-electron chi connectivity index (χ4n) is 2.26. The van der Waals surface area contributed by atoms with Gasteiger partial charge in [0.1, 0.15) is 6.07 Å². The molecule has 2 unspecified atom stereocenters. The molecule has 1 aromatic carbocycles. The molecule has 0 saturated heterocycles. The maximum absolute atomic E-state index is 13.9. The van der Waals surface area contributed by atoms with Gasteiger partial charge in [0.2, 0.25) is 0 Å². The topological polar surface area (TPSA) is 56.0 Å². The Morgan fingerprint density at radius 1 is 1.50 bits per heavy atom. The van der Waals surface area contributed by atoms with Crippen LogP contribution in [0.15, 0.2) is 16.6 Å². The molecule has 96 valence electrons. The number of nitriles is 1. The lowest BCUT2D eigenvalue weighted by molar-refractivity contribution is 0.178. The lowest BCUT2D eigenvalue weighted by atomic mass is 10.1. The lowest BCUT2D eigenvalue weighted by Crippen LogP contribution is -2.13. The highest BCUT2D eigenvalue weighted by Crippen LogP contribution is 2.29. The van der Waals surface area contributed by atoms with E-state index >= 15 is 0 Å². The number of halogens is 2. The molecule has 3 nitrogen and oxygen atoms in total. The third kappa shape index (κ3) is 2.82. The normalized spacial score (nSPS) is 22.8. The minimum absolute atomic E-state index is 0.196. The number of aliphatic hydroxyl groups excluding tert-OH is 1. The first-order valence-electron chi connectivity index (χ1n) is 5.92. The second kappa shape index (κ2) is 5.68. The van der Waals surface area contributed by atoms with Crippen molar-refractivity contribution in [3.05, 3.63) is 28.0 Å². The SMILES string of the molecule is N#Cc1ccc(NCC2CCC(O)C2)c(F)c1Br. The van der Waals surface area contributed by atoms with E-state index in [1.54, 1.807) is 12.1 Å². The largest absolute Gasteiger partial charge is 0.393 e. The zero-order chi connectivity index (χ0) is 13.1. The van der Waals surface area contributed by atoms with Crippen LogP contribution in [0.1, 0.15) is 24.8 Å². The van der Waals surface area contributed by atoms with Gasteiger partial charge in [-0.2, -0.15) is 5.26 Å². The summed E-state index contributed by atoms with van der Waals surface area (Å²) < 4.78 is 14.1. The maximum Gasteiger partial charge on any atom is 0.161 e. The Labute approximate surface area is 114 Å². The van der Waals surface area contributed by atoms with E-state index in [9.17, 15) is 9.50 Å². The second-order valence-electron chi connectivity index (χ2n) is 4.61. The van der Waals surface area contributed by atoms with Crippen molar-refractivity contribution in [2.75, 3.05) is 11.9 Å². The number of anilines is 1. The molecule has 1 aliphatic carbocycles. The fourth-order valence-corrected chi connectivity index (χ4v) is 2.70. The van der Waals surface area contributed by atoms with Crippen LogP contribution in [0.5, 0.6) is 0 Å². The molecule has 1 saturated carbocycles. The molecule has 1 aromatic rings. The van der Waals surface area contributed by atoms with Crippen LogP contribution in [0.25, 0.3) is 0 Å². The van der Waals surface area contributed by atoms with Crippen LogP contribution >= 0.6 is 15.9 Å². The molecular weight excluding hydrogens is 299 g/mol. The molecule has 18 heavy (non-hydrogen) atoms. The van der Waals surface area contributed by atoms with Crippen molar-refractivity contribution in [1.29, 1.82) is 5.26 Å². The molecule has 0 aromatic heterocycles. The average Bonchev–Trinajstić information content (AvgIpc) is 2.77. The van der Waals surface area contributed by atoms with Crippen molar-refractivity contribution in [3.8, 4) is 6.07 Å². The van der Waals surface area contributed by atoms with E-state index in [-0.39, 0.29) is 16.1 Å². The molecule has 1 aliphatic rings. The van der Waals surface area contributed by atoms with Crippen molar-refractivity contribution in [3.63, 3.8) is 0 Å². The average molecular weight is 313 g/mol. The minimum Gasteiger partial charge on any atom is -0.393 e. The molecule has 1 fully saturated rings. The van der Waals surface area contributed by atoms with Crippen molar-refractivity contribution >= 4 is 21.6 Å². The number of nitrogens with one attached hydrogen (secondary N) is 1. The van der Waals surface area contributed by atoms with Gasteiger partial charge in [0.15, 0.2) is 5.82 Å². The number of hydrogen-bond acceptors (Lipinski definition) is 3. The fraction of sp³-hybridized carbons (Fsp3) is 0.462. The van der Waals surface area contributed by atoms with Gasteiger partial charge in [-0.1, -0.05) is 0 Å². The van der Waals surface area contributed by atoms with Crippen LogP contribution < -0.4 is 5.32 Å².